The van der Waals surface area contributed by atoms with Crippen molar-refractivity contribution in [2.75, 3.05) is 11.7 Å². The predicted molar refractivity (Wildman–Crippen MR) is 105 cm³/mol. The van der Waals surface area contributed by atoms with Gasteiger partial charge in [0.05, 0.1) is 10.6 Å². The normalized spacial score (nSPS) is 17.7. The van der Waals surface area contributed by atoms with Crippen molar-refractivity contribution in [2.45, 2.75) is 0 Å². The first-order valence-corrected chi connectivity index (χ1v) is 9.13. The van der Waals surface area contributed by atoms with Crippen molar-refractivity contribution in [1.29, 1.82) is 0 Å². The standard InChI is InChI=1S/C17H9Cl2NO3S2/c18-10-2-1-9(12(19)6-10)5-15-16(21)20(17(24)25-15)11-3-4-13-14(7-11)23-8-22-13/h1-7H,8H2/b15-5-. The van der Waals surface area contributed by atoms with Gasteiger partial charge in [-0.25, -0.2) is 0 Å². The van der Waals surface area contributed by atoms with Crippen molar-refractivity contribution in [3.8, 4) is 11.5 Å². The van der Waals surface area contributed by atoms with E-state index in [4.69, 9.17) is 44.9 Å². The lowest BCUT2D eigenvalue weighted by Gasteiger charge is -2.14. The SMILES string of the molecule is O=C1/C(=C/c2ccc(Cl)cc2Cl)SC(=S)N1c1ccc2c(c1)OCO2. The molecular formula is C17H9Cl2NO3S2. The topological polar surface area (TPSA) is 38.8 Å². The predicted octanol–water partition coefficient (Wildman–Crippen LogP) is 5.13. The zero-order chi connectivity index (χ0) is 17.6. The molecule has 2 aliphatic rings. The van der Waals surface area contributed by atoms with Crippen LogP contribution in [0.5, 0.6) is 11.5 Å². The van der Waals surface area contributed by atoms with E-state index in [1.165, 1.54) is 16.7 Å². The lowest BCUT2D eigenvalue weighted by Crippen LogP contribution is -2.27. The van der Waals surface area contributed by atoms with Crippen molar-refractivity contribution in [3.05, 3.63) is 56.9 Å². The van der Waals surface area contributed by atoms with Gasteiger partial charge in [-0.3, -0.25) is 9.69 Å². The highest BCUT2D eigenvalue weighted by molar-refractivity contribution is 8.27. The molecule has 1 fully saturated rings. The van der Waals surface area contributed by atoms with Crippen LogP contribution >= 0.6 is 47.2 Å². The van der Waals surface area contributed by atoms with Gasteiger partial charge in [-0.05, 0) is 35.9 Å². The molecule has 8 heteroatoms. The smallest absolute Gasteiger partial charge is 0.270 e. The molecule has 1 amide bonds. The fourth-order valence-electron chi connectivity index (χ4n) is 2.47. The van der Waals surface area contributed by atoms with Gasteiger partial charge in [0, 0.05) is 16.1 Å². The number of anilines is 1. The monoisotopic (exact) mass is 409 g/mol. The highest BCUT2D eigenvalue weighted by Gasteiger charge is 2.34. The molecule has 2 heterocycles. The third-order valence-electron chi connectivity index (χ3n) is 3.66. The van der Waals surface area contributed by atoms with Crippen LogP contribution in [-0.4, -0.2) is 17.0 Å². The number of thiocarbonyl (C=S) groups is 1. The number of carbonyl (C=O) groups excluding carboxylic acids is 1. The fraction of sp³-hybridized carbons (Fsp3) is 0.0588. The summed E-state index contributed by atoms with van der Waals surface area (Å²) in [6.45, 7) is 0.173. The number of halogens is 2. The molecule has 0 aliphatic carbocycles. The van der Waals surface area contributed by atoms with Gasteiger partial charge < -0.3 is 9.47 Å². The Morgan fingerprint density at radius 3 is 2.72 bits per heavy atom. The Morgan fingerprint density at radius 2 is 1.92 bits per heavy atom. The molecule has 4 rings (SSSR count). The first-order valence-electron chi connectivity index (χ1n) is 7.15. The summed E-state index contributed by atoms with van der Waals surface area (Å²) < 4.78 is 11.1. The molecule has 1 saturated heterocycles. The molecule has 126 valence electrons. The fourth-order valence-corrected chi connectivity index (χ4v) is 4.23. The Morgan fingerprint density at radius 1 is 1.12 bits per heavy atom. The van der Waals surface area contributed by atoms with Gasteiger partial charge in [0.2, 0.25) is 6.79 Å². The van der Waals surface area contributed by atoms with Crippen LogP contribution in [0.1, 0.15) is 5.56 Å². The second-order valence-electron chi connectivity index (χ2n) is 5.22. The third-order valence-corrected chi connectivity index (χ3v) is 5.52. The average molecular weight is 410 g/mol. The van der Waals surface area contributed by atoms with Gasteiger partial charge in [0.1, 0.15) is 0 Å². The zero-order valence-corrected chi connectivity index (χ0v) is 15.6. The Bertz CT molecular complexity index is 945. The van der Waals surface area contributed by atoms with Crippen LogP contribution < -0.4 is 14.4 Å². The van der Waals surface area contributed by atoms with Gasteiger partial charge in [0.25, 0.3) is 5.91 Å². The van der Waals surface area contributed by atoms with Crippen molar-refractivity contribution < 1.29 is 14.3 Å². The van der Waals surface area contributed by atoms with Crippen molar-refractivity contribution in [2.24, 2.45) is 0 Å². The summed E-state index contributed by atoms with van der Waals surface area (Å²) in [4.78, 5) is 14.8. The minimum atomic E-state index is -0.208. The molecule has 0 bridgehead atoms. The molecule has 0 radical (unpaired) electrons. The summed E-state index contributed by atoms with van der Waals surface area (Å²) in [5.41, 5.74) is 1.34. The molecule has 2 aromatic rings. The van der Waals surface area contributed by atoms with E-state index in [9.17, 15) is 4.79 Å². The maximum atomic E-state index is 12.8. The zero-order valence-electron chi connectivity index (χ0n) is 12.5. The van der Waals surface area contributed by atoms with E-state index in [0.717, 1.165) is 0 Å². The number of nitrogens with zero attached hydrogens (tertiary/aromatic N) is 1. The number of rotatable bonds is 2. The lowest BCUT2D eigenvalue weighted by atomic mass is 10.2. The van der Waals surface area contributed by atoms with Crippen LogP contribution in [0.4, 0.5) is 5.69 Å². The second kappa shape index (κ2) is 6.53. The van der Waals surface area contributed by atoms with Gasteiger partial charge in [-0.15, -0.1) is 0 Å². The van der Waals surface area contributed by atoms with E-state index >= 15 is 0 Å². The summed E-state index contributed by atoms with van der Waals surface area (Å²) >= 11 is 18.7. The molecule has 4 nitrogen and oxygen atoms in total. The molecule has 0 aromatic heterocycles. The van der Waals surface area contributed by atoms with Crippen LogP contribution in [0.15, 0.2) is 41.3 Å². The summed E-state index contributed by atoms with van der Waals surface area (Å²) in [5.74, 6) is 1.04. The van der Waals surface area contributed by atoms with Crippen LogP contribution in [-0.2, 0) is 4.79 Å². The lowest BCUT2D eigenvalue weighted by molar-refractivity contribution is -0.113. The van der Waals surface area contributed by atoms with Gasteiger partial charge in [-0.1, -0.05) is 53.2 Å². The number of benzene rings is 2. The number of hydrogen-bond donors (Lipinski definition) is 0. The Hall–Kier alpha value is -1.73. The number of amides is 1. The van der Waals surface area contributed by atoms with Gasteiger partial charge in [0.15, 0.2) is 15.8 Å². The number of carbonyl (C=O) groups is 1. The summed E-state index contributed by atoms with van der Waals surface area (Å²) in [6.07, 6.45) is 1.71. The average Bonchev–Trinajstić information content (AvgIpc) is 3.14. The van der Waals surface area contributed by atoms with E-state index in [1.54, 1.807) is 42.5 Å². The minimum Gasteiger partial charge on any atom is -0.454 e. The number of ether oxygens (including phenoxy) is 2. The highest BCUT2D eigenvalue weighted by atomic mass is 35.5. The summed E-state index contributed by atoms with van der Waals surface area (Å²) in [6, 6.07) is 10.4. The Labute approximate surface area is 163 Å². The third kappa shape index (κ3) is 3.11. The molecule has 0 spiro atoms. The van der Waals surface area contributed by atoms with E-state index in [2.05, 4.69) is 0 Å². The number of hydrogen-bond acceptors (Lipinski definition) is 5. The number of thioether (sulfide) groups is 1. The maximum Gasteiger partial charge on any atom is 0.270 e. The molecule has 0 atom stereocenters. The second-order valence-corrected chi connectivity index (χ2v) is 7.74. The van der Waals surface area contributed by atoms with Crippen LogP contribution in [0.25, 0.3) is 6.08 Å². The van der Waals surface area contributed by atoms with E-state index < -0.39 is 0 Å². The van der Waals surface area contributed by atoms with Crippen molar-refractivity contribution in [1.82, 2.24) is 0 Å². The molecular weight excluding hydrogens is 401 g/mol. The quantitative estimate of drug-likeness (QED) is 0.507. The molecule has 0 unspecified atom stereocenters. The molecule has 0 saturated carbocycles. The first kappa shape index (κ1) is 16.7. The van der Waals surface area contributed by atoms with Crippen LogP contribution in [0.2, 0.25) is 10.0 Å². The Kier molecular flexibility index (Phi) is 4.37. The Balaban J connectivity index is 1.67. The van der Waals surface area contributed by atoms with Crippen LogP contribution in [0.3, 0.4) is 0 Å². The first-order chi connectivity index (χ1) is 12.0. The van der Waals surface area contributed by atoms with Crippen molar-refractivity contribution in [3.63, 3.8) is 0 Å². The largest absolute Gasteiger partial charge is 0.454 e. The molecule has 2 aromatic carbocycles. The summed E-state index contributed by atoms with van der Waals surface area (Å²) in [5, 5.41) is 1.01. The summed E-state index contributed by atoms with van der Waals surface area (Å²) in [7, 11) is 0. The van der Waals surface area contributed by atoms with Gasteiger partial charge >= 0.3 is 0 Å². The van der Waals surface area contributed by atoms with E-state index in [1.807, 2.05) is 0 Å². The maximum absolute atomic E-state index is 12.8. The van der Waals surface area contributed by atoms with Gasteiger partial charge in [-0.2, -0.15) is 0 Å². The molecule has 0 N–H and O–H groups in total. The molecule has 25 heavy (non-hydrogen) atoms. The number of fused-ring (bicyclic) bond motifs is 1. The highest BCUT2D eigenvalue weighted by Crippen LogP contribution is 2.41. The molecule has 2 aliphatic heterocycles. The van der Waals surface area contributed by atoms with E-state index in [-0.39, 0.29) is 12.7 Å². The van der Waals surface area contributed by atoms with Crippen molar-refractivity contribution >= 4 is 69.2 Å². The minimum absolute atomic E-state index is 0.173. The van der Waals surface area contributed by atoms with Crippen LogP contribution in [0, 0.1) is 0 Å². The van der Waals surface area contributed by atoms with E-state index in [0.29, 0.717) is 42.0 Å².